The van der Waals surface area contributed by atoms with Gasteiger partial charge in [0.05, 0.1) is 11.4 Å². The van der Waals surface area contributed by atoms with Gasteiger partial charge in [-0.1, -0.05) is 35.9 Å². The van der Waals surface area contributed by atoms with Gasteiger partial charge in [0.2, 0.25) is 5.88 Å². The van der Waals surface area contributed by atoms with E-state index in [4.69, 9.17) is 16.3 Å². The van der Waals surface area contributed by atoms with E-state index < -0.39 is 0 Å². The average molecular weight is 425 g/mol. The van der Waals surface area contributed by atoms with Gasteiger partial charge >= 0.3 is 5.69 Å². The molecule has 0 radical (unpaired) electrons. The van der Waals surface area contributed by atoms with E-state index >= 15 is 0 Å². The third-order valence-corrected chi connectivity index (χ3v) is 5.28. The monoisotopic (exact) mass is 424 g/mol. The van der Waals surface area contributed by atoms with Crippen molar-refractivity contribution < 1.29 is 4.74 Å². The summed E-state index contributed by atoms with van der Waals surface area (Å²) in [5.74, 6) is 0.653. The Morgan fingerprint density at radius 3 is 2.40 bits per heavy atom. The molecular weight excluding hydrogens is 404 g/mol. The summed E-state index contributed by atoms with van der Waals surface area (Å²) < 4.78 is 10.4. The first-order valence-corrected chi connectivity index (χ1v) is 9.75. The summed E-state index contributed by atoms with van der Waals surface area (Å²) in [5.41, 5.74) is 4.89. The van der Waals surface area contributed by atoms with Crippen LogP contribution in [0, 0.1) is 13.8 Å². The van der Waals surface area contributed by atoms with Crippen LogP contribution in [0.2, 0.25) is 5.02 Å². The number of rotatable bonds is 5. The molecule has 0 aliphatic heterocycles. The lowest BCUT2D eigenvalue weighted by Crippen LogP contribution is -2.23. The zero-order chi connectivity index (χ0) is 21.4. The molecule has 0 N–H and O–H groups in total. The zero-order valence-corrected chi connectivity index (χ0v) is 17.9. The second-order valence-corrected chi connectivity index (χ2v) is 7.50. The van der Waals surface area contributed by atoms with Gasteiger partial charge in [-0.15, -0.1) is 0 Å². The van der Waals surface area contributed by atoms with E-state index in [2.05, 4.69) is 15.5 Å². The third-order valence-electron chi connectivity index (χ3n) is 5.03. The Balaban J connectivity index is 1.67. The molecule has 0 aliphatic rings. The van der Waals surface area contributed by atoms with Crippen molar-refractivity contribution in [1.82, 2.24) is 29.6 Å². The summed E-state index contributed by atoms with van der Waals surface area (Å²) in [6.45, 7) is 4.20. The Kier molecular flexibility index (Phi) is 5.17. The fraction of sp³-hybridized carbons (Fsp3) is 0.238. The van der Waals surface area contributed by atoms with E-state index in [1.54, 1.807) is 11.7 Å². The minimum Gasteiger partial charge on any atom is -0.473 e. The maximum Gasteiger partial charge on any atom is 0.368 e. The fourth-order valence-electron chi connectivity index (χ4n) is 3.38. The van der Waals surface area contributed by atoms with Gasteiger partial charge < -0.3 is 4.74 Å². The fourth-order valence-corrected chi connectivity index (χ4v) is 3.50. The third kappa shape index (κ3) is 3.50. The van der Waals surface area contributed by atoms with Crippen molar-refractivity contribution >= 4 is 11.6 Å². The highest BCUT2D eigenvalue weighted by Crippen LogP contribution is 2.31. The first kappa shape index (κ1) is 19.9. The minimum atomic E-state index is -0.316. The van der Waals surface area contributed by atoms with E-state index in [0.717, 1.165) is 27.9 Å². The predicted molar refractivity (Wildman–Crippen MR) is 114 cm³/mol. The number of ether oxygens (including phenoxy) is 1. The van der Waals surface area contributed by atoms with Crippen molar-refractivity contribution in [3.8, 4) is 22.8 Å². The number of aryl methyl sites for hydroxylation is 3. The molecule has 4 rings (SSSR count). The molecule has 154 valence electrons. The highest BCUT2D eigenvalue weighted by atomic mass is 35.5. The first-order valence-electron chi connectivity index (χ1n) is 9.37. The second kappa shape index (κ2) is 7.79. The lowest BCUT2D eigenvalue weighted by atomic mass is 10.1. The van der Waals surface area contributed by atoms with Crippen LogP contribution in [0.25, 0.3) is 16.9 Å². The molecule has 0 saturated carbocycles. The zero-order valence-electron chi connectivity index (χ0n) is 17.1. The Hall–Kier alpha value is -3.39. The number of halogens is 1. The summed E-state index contributed by atoms with van der Waals surface area (Å²) in [6, 6.07) is 13.2. The maximum absolute atomic E-state index is 12.3. The summed E-state index contributed by atoms with van der Waals surface area (Å²) in [4.78, 5) is 12.3. The van der Waals surface area contributed by atoms with Crippen LogP contribution in [-0.4, -0.2) is 29.6 Å². The molecule has 0 spiro atoms. The number of benzene rings is 2. The number of hydrogen-bond donors (Lipinski definition) is 0. The van der Waals surface area contributed by atoms with Crippen LogP contribution in [-0.2, 0) is 20.7 Å². The Morgan fingerprint density at radius 1 is 1.00 bits per heavy atom. The topological polar surface area (TPSA) is 79.8 Å². The quantitative estimate of drug-likeness (QED) is 0.491. The van der Waals surface area contributed by atoms with Gasteiger partial charge in [-0.2, -0.15) is 14.5 Å². The van der Waals surface area contributed by atoms with Crippen molar-refractivity contribution in [3.63, 3.8) is 0 Å². The van der Waals surface area contributed by atoms with Crippen molar-refractivity contribution in [1.29, 1.82) is 0 Å². The summed E-state index contributed by atoms with van der Waals surface area (Å²) in [7, 11) is 3.41. The maximum atomic E-state index is 12.3. The highest BCUT2D eigenvalue weighted by molar-refractivity contribution is 6.30. The predicted octanol–water partition coefficient (Wildman–Crippen LogP) is 3.22. The van der Waals surface area contributed by atoms with Crippen molar-refractivity contribution in [2.75, 3.05) is 0 Å². The van der Waals surface area contributed by atoms with Crippen LogP contribution >= 0.6 is 11.6 Å². The molecule has 30 heavy (non-hydrogen) atoms. The number of hydrogen-bond acceptors (Lipinski definition) is 5. The molecule has 0 amide bonds. The van der Waals surface area contributed by atoms with Gasteiger partial charge in [0, 0.05) is 35.8 Å². The highest BCUT2D eigenvalue weighted by Gasteiger charge is 2.18. The lowest BCUT2D eigenvalue weighted by Gasteiger charge is -2.13. The van der Waals surface area contributed by atoms with Crippen LogP contribution in [0.1, 0.15) is 16.7 Å². The summed E-state index contributed by atoms with van der Waals surface area (Å²) in [5, 5.41) is 13.1. The lowest BCUT2D eigenvalue weighted by molar-refractivity contribution is 0.275. The molecule has 0 atom stereocenters. The molecule has 0 bridgehead atoms. The van der Waals surface area contributed by atoms with E-state index in [1.165, 1.54) is 9.36 Å². The molecule has 9 heteroatoms. The van der Waals surface area contributed by atoms with Crippen LogP contribution in [0.15, 0.2) is 47.3 Å². The average Bonchev–Trinajstić information content (AvgIpc) is 3.20. The number of aromatic nitrogens is 6. The molecular formula is C21H21ClN6O2. The van der Waals surface area contributed by atoms with Gasteiger partial charge in [0.1, 0.15) is 6.61 Å². The molecule has 2 aromatic heterocycles. The first-order chi connectivity index (χ1) is 14.4. The Morgan fingerprint density at radius 2 is 1.73 bits per heavy atom. The molecule has 2 heterocycles. The van der Waals surface area contributed by atoms with Gasteiger partial charge in [-0.3, -0.25) is 0 Å². The molecule has 0 saturated heterocycles. The molecule has 8 nitrogen and oxygen atoms in total. The van der Waals surface area contributed by atoms with Crippen LogP contribution in [0.4, 0.5) is 0 Å². The van der Waals surface area contributed by atoms with Crippen molar-refractivity contribution in [3.05, 3.63) is 74.7 Å². The van der Waals surface area contributed by atoms with Gasteiger partial charge in [0.15, 0.2) is 0 Å². The minimum absolute atomic E-state index is 0.255. The summed E-state index contributed by atoms with van der Waals surface area (Å²) >= 11 is 6.00. The molecule has 4 aromatic rings. The van der Waals surface area contributed by atoms with Crippen molar-refractivity contribution in [2.45, 2.75) is 20.5 Å². The van der Waals surface area contributed by atoms with Crippen molar-refractivity contribution in [2.24, 2.45) is 14.1 Å². The molecule has 0 unspecified atom stereocenters. The van der Waals surface area contributed by atoms with E-state index in [-0.39, 0.29) is 12.3 Å². The second-order valence-electron chi connectivity index (χ2n) is 7.07. The van der Waals surface area contributed by atoms with Crippen LogP contribution in [0.5, 0.6) is 5.88 Å². The van der Waals surface area contributed by atoms with Crippen LogP contribution < -0.4 is 10.4 Å². The summed E-state index contributed by atoms with van der Waals surface area (Å²) in [6.07, 6.45) is 0. The normalized spacial score (nSPS) is 11.1. The van der Waals surface area contributed by atoms with Gasteiger partial charge in [-0.25, -0.2) is 9.48 Å². The Labute approximate surface area is 178 Å². The molecule has 0 fully saturated rings. The number of tetrazole rings is 1. The smallest absolute Gasteiger partial charge is 0.368 e. The van der Waals surface area contributed by atoms with E-state index in [1.807, 2.05) is 63.4 Å². The standard InChI is InChI=1S/C21H21ClN6O2/c1-13-6-5-7-18(28-21(29)27(4)24-25-28)17(13)12-30-20-14(2)19(23-26(20)3)15-8-10-16(22)11-9-15/h5-11H,12H2,1-4H3. The van der Waals surface area contributed by atoms with E-state index in [9.17, 15) is 4.79 Å². The van der Waals surface area contributed by atoms with Gasteiger partial charge in [0.25, 0.3) is 0 Å². The number of nitrogens with zero attached hydrogens (tertiary/aromatic N) is 6. The van der Waals surface area contributed by atoms with E-state index in [0.29, 0.717) is 16.6 Å². The SMILES string of the molecule is Cc1cccc(-n2nnn(C)c2=O)c1COc1c(C)c(-c2ccc(Cl)cc2)nn1C. The molecule has 0 aliphatic carbocycles. The molecule has 2 aromatic carbocycles. The van der Waals surface area contributed by atoms with Crippen LogP contribution in [0.3, 0.4) is 0 Å². The van der Waals surface area contributed by atoms with Gasteiger partial charge in [-0.05, 0) is 48.0 Å². The Bertz CT molecular complexity index is 1270. The largest absolute Gasteiger partial charge is 0.473 e.